The largest absolute Gasteiger partial charge is 0.367 e. The number of pyridine rings is 1. The highest BCUT2D eigenvalue weighted by molar-refractivity contribution is 6.30. The van der Waals surface area contributed by atoms with Crippen LogP contribution in [0.5, 0.6) is 0 Å². The minimum atomic E-state index is -0.563. The predicted molar refractivity (Wildman–Crippen MR) is 138 cm³/mol. The predicted octanol–water partition coefficient (Wildman–Crippen LogP) is 4.41. The van der Waals surface area contributed by atoms with Gasteiger partial charge in [-0.3, -0.25) is 4.79 Å². The Morgan fingerprint density at radius 3 is 2.50 bits per heavy atom. The molecule has 5 rings (SSSR count). The summed E-state index contributed by atoms with van der Waals surface area (Å²) >= 11 is 5.97. The van der Waals surface area contributed by atoms with Crippen LogP contribution in [0.2, 0.25) is 5.02 Å². The highest BCUT2D eigenvalue weighted by atomic mass is 35.5. The quantitative estimate of drug-likeness (QED) is 0.450. The Morgan fingerprint density at radius 1 is 1.09 bits per heavy atom. The fourth-order valence-electron chi connectivity index (χ4n) is 4.74. The lowest BCUT2D eigenvalue weighted by Crippen LogP contribution is -2.53. The molecule has 7 heteroatoms. The van der Waals surface area contributed by atoms with E-state index in [0.717, 1.165) is 40.8 Å². The van der Waals surface area contributed by atoms with Gasteiger partial charge in [-0.05, 0) is 42.2 Å². The Kier molecular flexibility index (Phi) is 6.26. The molecule has 1 atom stereocenters. The van der Waals surface area contributed by atoms with Gasteiger partial charge in [0.05, 0.1) is 11.7 Å². The number of nitrogens with one attached hydrogen (secondary N) is 1. The van der Waals surface area contributed by atoms with Gasteiger partial charge >= 0.3 is 0 Å². The van der Waals surface area contributed by atoms with Crippen molar-refractivity contribution in [3.63, 3.8) is 0 Å². The molecule has 1 amide bonds. The number of halogens is 1. The van der Waals surface area contributed by atoms with Crippen molar-refractivity contribution in [3.05, 3.63) is 83.1 Å². The molecule has 34 heavy (non-hydrogen) atoms. The number of carbonyl (C=O) groups excluding carboxylic acids is 1. The summed E-state index contributed by atoms with van der Waals surface area (Å²) in [6.07, 6.45) is 4.45. The Bertz CT molecular complexity index is 1290. The van der Waals surface area contributed by atoms with Crippen LogP contribution in [0.15, 0.2) is 67.0 Å². The van der Waals surface area contributed by atoms with Crippen LogP contribution >= 0.6 is 11.6 Å². The lowest BCUT2D eigenvalue weighted by atomic mass is 10.0. The van der Waals surface area contributed by atoms with Gasteiger partial charge in [-0.1, -0.05) is 54.1 Å². The molecular formula is C27H28ClN5O. The number of anilines is 1. The number of rotatable bonds is 5. The average molecular weight is 474 g/mol. The van der Waals surface area contributed by atoms with Gasteiger partial charge in [0.15, 0.2) is 0 Å². The summed E-state index contributed by atoms with van der Waals surface area (Å²) in [6, 6.07) is 17.3. The lowest BCUT2D eigenvalue weighted by molar-refractivity contribution is -0.132. The molecule has 0 radical (unpaired) electrons. The third-order valence-electron chi connectivity index (χ3n) is 6.55. The number of nitrogens with two attached hydrogens (primary N) is 1. The van der Waals surface area contributed by atoms with E-state index in [4.69, 9.17) is 17.3 Å². The van der Waals surface area contributed by atoms with Crippen LogP contribution in [0, 0.1) is 6.92 Å². The second kappa shape index (κ2) is 9.49. The summed E-state index contributed by atoms with van der Waals surface area (Å²) in [4.78, 5) is 25.3. The van der Waals surface area contributed by atoms with Gasteiger partial charge in [0.25, 0.3) is 0 Å². The van der Waals surface area contributed by atoms with Crippen LogP contribution in [0.3, 0.4) is 0 Å². The highest BCUT2D eigenvalue weighted by Crippen LogP contribution is 2.38. The van der Waals surface area contributed by atoms with Crippen molar-refractivity contribution < 1.29 is 4.79 Å². The first kappa shape index (κ1) is 22.4. The molecular weight excluding hydrogens is 446 g/mol. The molecule has 1 aliphatic rings. The molecule has 1 aliphatic heterocycles. The fraction of sp³-hybridized carbons (Fsp3) is 0.259. The van der Waals surface area contributed by atoms with Crippen molar-refractivity contribution in [3.8, 4) is 11.1 Å². The minimum absolute atomic E-state index is 0.00409. The molecule has 1 unspecified atom stereocenters. The first-order valence-corrected chi connectivity index (χ1v) is 11.9. The highest BCUT2D eigenvalue weighted by Gasteiger charge is 2.28. The molecule has 0 saturated carbocycles. The second-order valence-corrected chi connectivity index (χ2v) is 9.27. The molecule has 2 aromatic carbocycles. The fourth-order valence-corrected chi connectivity index (χ4v) is 4.86. The Labute approximate surface area is 204 Å². The molecule has 6 nitrogen and oxygen atoms in total. The maximum atomic E-state index is 13.1. The monoisotopic (exact) mass is 473 g/mol. The number of aromatic amines is 1. The van der Waals surface area contributed by atoms with Crippen LogP contribution < -0.4 is 10.6 Å². The smallest absolute Gasteiger partial charge is 0.239 e. The molecule has 1 fully saturated rings. The summed E-state index contributed by atoms with van der Waals surface area (Å²) in [5.74, 6) is -0.00409. The summed E-state index contributed by atoms with van der Waals surface area (Å²) < 4.78 is 0. The standard InChI is InChI=1S/C27H28ClN5O/c1-18-16-30-26-24(18)25(22(17-31-26)20-5-3-2-4-6-20)32-11-13-33(14-12-32)27(34)23(29)15-19-7-9-21(28)10-8-19/h2-10,16-17,23H,11-15,29H2,1H3,(H,30,31). The van der Waals surface area contributed by atoms with E-state index in [1.807, 2.05) is 59.8 Å². The Morgan fingerprint density at radius 2 is 1.79 bits per heavy atom. The van der Waals surface area contributed by atoms with Gasteiger partial charge in [0.1, 0.15) is 5.65 Å². The molecule has 0 bridgehead atoms. The van der Waals surface area contributed by atoms with E-state index < -0.39 is 6.04 Å². The zero-order valence-corrected chi connectivity index (χ0v) is 19.9. The molecule has 3 N–H and O–H groups in total. The number of aryl methyl sites for hydroxylation is 1. The zero-order chi connectivity index (χ0) is 23.7. The lowest BCUT2D eigenvalue weighted by Gasteiger charge is -2.38. The van der Waals surface area contributed by atoms with Crippen LogP contribution in [-0.4, -0.2) is 53.0 Å². The molecule has 2 aromatic heterocycles. The van der Waals surface area contributed by atoms with Gasteiger partial charge < -0.3 is 20.5 Å². The number of carbonyl (C=O) groups is 1. The van der Waals surface area contributed by atoms with E-state index in [0.29, 0.717) is 24.5 Å². The van der Waals surface area contributed by atoms with E-state index in [-0.39, 0.29) is 5.91 Å². The maximum absolute atomic E-state index is 13.1. The Balaban J connectivity index is 1.35. The van der Waals surface area contributed by atoms with Crippen molar-refractivity contribution in [2.45, 2.75) is 19.4 Å². The van der Waals surface area contributed by atoms with Crippen LogP contribution in [0.4, 0.5) is 5.69 Å². The SMILES string of the molecule is Cc1c[nH]c2ncc(-c3ccccc3)c(N3CCN(C(=O)C(N)Cc4ccc(Cl)cc4)CC3)c12. The van der Waals surface area contributed by atoms with Crippen molar-refractivity contribution in [1.82, 2.24) is 14.9 Å². The van der Waals surface area contributed by atoms with Gasteiger partial charge in [0, 0.05) is 54.5 Å². The van der Waals surface area contributed by atoms with Gasteiger partial charge in [0.2, 0.25) is 5.91 Å². The number of amides is 1. The van der Waals surface area contributed by atoms with E-state index >= 15 is 0 Å². The van der Waals surface area contributed by atoms with Crippen molar-refractivity contribution >= 4 is 34.2 Å². The molecule has 3 heterocycles. The first-order chi connectivity index (χ1) is 16.5. The third-order valence-corrected chi connectivity index (χ3v) is 6.80. The molecule has 1 saturated heterocycles. The number of benzene rings is 2. The average Bonchev–Trinajstić information content (AvgIpc) is 3.26. The number of nitrogens with zero attached hydrogens (tertiary/aromatic N) is 3. The number of H-pyrrole nitrogens is 1. The van der Waals surface area contributed by atoms with Crippen molar-refractivity contribution in [2.75, 3.05) is 31.1 Å². The Hall–Kier alpha value is -3.35. The molecule has 4 aromatic rings. The number of hydrogen-bond acceptors (Lipinski definition) is 4. The first-order valence-electron chi connectivity index (χ1n) is 11.6. The van der Waals surface area contributed by atoms with Crippen LogP contribution in [0.25, 0.3) is 22.2 Å². The molecule has 0 aliphatic carbocycles. The maximum Gasteiger partial charge on any atom is 0.239 e. The van der Waals surface area contributed by atoms with Gasteiger partial charge in [-0.25, -0.2) is 4.98 Å². The van der Waals surface area contributed by atoms with Crippen molar-refractivity contribution in [2.24, 2.45) is 5.73 Å². The van der Waals surface area contributed by atoms with Crippen molar-refractivity contribution in [1.29, 1.82) is 0 Å². The third kappa shape index (κ3) is 4.39. The number of piperazine rings is 1. The zero-order valence-electron chi connectivity index (χ0n) is 19.2. The van der Waals surface area contributed by atoms with E-state index in [1.165, 1.54) is 11.3 Å². The summed E-state index contributed by atoms with van der Waals surface area (Å²) in [7, 11) is 0. The van der Waals surface area contributed by atoms with Gasteiger partial charge in [-0.15, -0.1) is 0 Å². The van der Waals surface area contributed by atoms with E-state index in [1.54, 1.807) is 0 Å². The van der Waals surface area contributed by atoms with Crippen LogP contribution in [0.1, 0.15) is 11.1 Å². The summed E-state index contributed by atoms with van der Waals surface area (Å²) in [5.41, 5.74) is 12.8. The van der Waals surface area contributed by atoms with Gasteiger partial charge in [-0.2, -0.15) is 0 Å². The van der Waals surface area contributed by atoms with E-state index in [9.17, 15) is 4.79 Å². The minimum Gasteiger partial charge on any atom is -0.367 e. The molecule has 174 valence electrons. The summed E-state index contributed by atoms with van der Waals surface area (Å²) in [5, 5.41) is 1.82. The van der Waals surface area contributed by atoms with Crippen LogP contribution in [-0.2, 0) is 11.2 Å². The normalized spacial score (nSPS) is 15.0. The number of aromatic nitrogens is 2. The number of hydrogen-bond donors (Lipinski definition) is 2. The molecule has 0 spiro atoms. The van der Waals surface area contributed by atoms with E-state index in [2.05, 4.69) is 33.9 Å². The summed E-state index contributed by atoms with van der Waals surface area (Å²) in [6.45, 7) is 4.85. The number of fused-ring (bicyclic) bond motifs is 1. The topological polar surface area (TPSA) is 78.2 Å². The second-order valence-electron chi connectivity index (χ2n) is 8.83.